The third-order valence-electron chi connectivity index (χ3n) is 22.3. The van der Waals surface area contributed by atoms with Gasteiger partial charge in [0.15, 0.2) is 29.9 Å². The Morgan fingerprint density at radius 2 is 1.25 bits per heavy atom. The summed E-state index contributed by atoms with van der Waals surface area (Å²) in [5.41, 5.74) is 3.01. The molecule has 0 radical (unpaired) electrons. The van der Waals surface area contributed by atoms with Gasteiger partial charge in [-0.1, -0.05) is 132 Å². The number of ether oxygens (including phenoxy) is 6. The van der Waals surface area contributed by atoms with Gasteiger partial charge in [-0.25, -0.2) is 4.79 Å². The highest BCUT2D eigenvalue weighted by molar-refractivity contribution is 7.86. The first kappa shape index (κ1) is 92.7. The van der Waals surface area contributed by atoms with Crippen LogP contribution in [0, 0.1) is 32.6 Å². The van der Waals surface area contributed by atoms with Crippen LogP contribution < -0.4 is 57.2 Å². The molecule has 2 fully saturated rings. The first-order valence-electron chi connectivity index (χ1n) is 40.3. The van der Waals surface area contributed by atoms with Crippen molar-refractivity contribution in [1.29, 1.82) is 0 Å². The second-order valence-corrected chi connectivity index (χ2v) is 34.7. The fraction of sp³-hybridized carbons (Fsp3) is 0.482. The van der Waals surface area contributed by atoms with Gasteiger partial charge in [-0.3, -0.25) is 37.7 Å². The molecule has 0 spiro atoms. The summed E-state index contributed by atoms with van der Waals surface area (Å²) in [6.07, 6.45) is -11.2. The summed E-state index contributed by atoms with van der Waals surface area (Å²) in [5, 5.41) is 124. The molecule has 34 nitrogen and oxygen atoms in total. The number of rotatable bonds is 25. The molecule has 2 saturated heterocycles. The largest absolute Gasteiger partial charge is 0.508 e. The van der Waals surface area contributed by atoms with Gasteiger partial charge >= 0.3 is 5.97 Å². The number of carboxylic acids is 1. The highest BCUT2D eigenvalue weighted by atomic mass is 35.5. The number of primary amides is 1. The van der Waals surface area contributed by atoms with Gasteiger partial charge in [0.1, 0.15) is 89.5 Å². The Kier molecular flexibility index (Phi) is 29.8. The van der Waals surface area contributed by atoms with Crippen molar-refractivity contribution >= 4 is 80.6 Å². The first-order chi connectivity index (χ1) is 57.6. The third kappa shape index (κ3) is 21.3. The predicted octanol–water partition coefficient (Wildman–Crippen LogP) is 7.26. The van der Waals surface area contributed by atoms with Crippen molar-refractivity contribution in [3.63, 3.8) is 0 Å². The minimum atomic E-state index is -4.76. The predicted molar refractivity (Wildman–Crippen MR) is 439 cm³/mol. The standard InChI is InChI=1S/C85H104Cl2N8O26S/c1-10-11-12-13-14-15-16-17-24-89-85(9)36-62(116-43(8)76(85)104)120-74-72(103)71(102)60(37-115-122(113,114)75-40(5)26-39(4)27-41(75)6)119-84(74)121-73-58-31-47-32-59(73)118-57-23-20-46(30-52(57)87)70(101)68-82(110)93-66(83(111)112)50-33-48(96)34-55(98)63(50)49-28-44(18-21-54(49)97)64(79(107)95-68)92-80(108)65(47)91-78(106)53(35-61(88)99)90-81(109)67(94-77(105)42(7)25-38(2)3)69(100)45-19-22-56(117-58)51(86)29-45/h18-23,26-34,38,42-43,53,60,62,64-72,74,76,84,89,96-98,100-104H,10-17,24-25,35-37H2,1-9H3,(H2,88,99)(H,90,109)(H,91,106)(H,92,108)(H,93,110)(H,94,105)(H,95,107)(H,111,112)/t42-,43?,53-,60?,62?,64?,65+,66+,67+,68-,69+,70+,71?,72?,74?,76?,84?,85?/m0/s1. The van der Waals surface area contributed by atoms with E-state index in [0.29, 0.717) is 17.7 Å². The van der Waals surface area contributed by atoms with Gasteiger partial charge in [0, 0.05) is 40.6 Å². The van der Waals surface area contributed by atoms with Gasteiger partial charge in [-0.15, -0.1) is 0 Å². The van der Waals surface area contributed by atoms with E-state index >= 15 is 19.2 Å². The fourth-order valence-corrected chi connectivity index (χ4v) is 17.9. The van der Waals surface area contributed by atoms with Crippen molar-refractivity contribution in [2.24, 2.45) is 17.6 Å². The number of amides is 7. The Labute approximate surface area is 713 Å². The number of aliphatic hydroxyl groups excluding tert-OH is 5. The second-order valence-electron chi connectivity index (χ2n) is 32.4. The van der Waals surface area contributed by atoms with Crippen molar-refractivity contribution < 1.29 is 125 Å². The highest BCUT2D eigenvalue weighted by Crippen LogP contribution is 2.50. The average Bonchev–Trinajstić information content (AvgIpc) is 0.756. The maximum Gasteiger partial charge on any atom is 0.330 e. The van der Waals surface area contributed by atoms with E-state index in [1.165, 1.54) is 12.1 Å². The zero-order chi connectivity index (χ0) is 88.8. The summed E-state index contributed by atoms with van der Waals surface area (Å²) in [6.45, 7) is 15.0. The number of aromatic hydroxyl groups is 3. The number of carbonyl (C=O) groups excluding carboxylic acids is 7. The molecule has 122 heavy (non-hydrogen) atoms. The van der Waals surface area contributed by atoms with Gasteiger partial charge in [-0.2, -0.15) is 8.42 Å². The van der Waals surface area contributed by atoms with Crippen LogP contribution in [-0.4, -0.2) is 188 Å². The molecule has 11 bridgehead atoms. The van der Waals surface area contributed by atoms with E-state index in [2.05, 4.69) is 44.1 Å². The summed E-state index contributed by atoms with van der Waals surface area (Å²) in [7, 11) is -4.76. The number of halogens is 2. The van der Waals surface area contributed by atoms with Crippen molar-refractivity contribution in [2.45, 2.75) is 241 Å². The molecule has 18 atom stereocenters. The molecule has 0 aromatic heterocycles. The number of nitrogens with one attached hydrogen (secondary N) is 7. The lowest BCUT2D eigenvalue weighted by Gasteiger charge is -2.48. The van der Waals surface area contributed by atoms with Crippen LogP contribution in [0.5, 0.6) is 46.0 Å². The lowest BCUT2D eigenvalue weighted by atomic mass is 9.84. The van der Waals surface area contributed by atoms with Gasteiger partial charge in [0.05, 0.1) is 40.2 Å². The number of unbranched alkanes of at least 4 members (excludes halogenated alkanes) is 7. The van der Waals surface area contributed by atoms with E-state index in [1.54, 1.807) is 53.7 Å². The quantitative estimate of drug-likeness (QED) is 0.0198. The average molecular weight is 1760 g/mol. The summed E-state index contributed by atoms with van der Waals surface area (Å²) >= 11 is 14.4. The van der Waals surface area contributed by atoms with Crippen LogP contribution in [0.2, 0.25) is 10.0 Å². The number of phenols is 3. The Bertz CT molecular complexity index is 5040. The molecule has 18 N–H and O–H groups in total. The van der Waals surface area contributed by atoms with Gasteiger partial charge in [0.25, 0.3) is 10.1 Å². The number of carbonyl (C=O) groups is 8. The monoisotopic (exact) mass is 1750 g/mol. The minimum Gasteiger partial charge on any atom is -0.508 e. The topological polar surface area (TPSA) is 528 Å². The lowest BCUT2D eigenvalue weighted by Crippen LogP contribution is -2.65. The third-order valence-corrected chi connectivity index (χ3v) is 24.4. The zero-order valence-corrected chi connectivity index (χ0v) is 70.8. The molecule has 6 aromatic carbocycles. The van der Waals surface area contributed by atoms with Gasteiger partial charge in [-0.05, 0) is 148 Å². The van der Waals surface area contributed by atoms with Crippen LogP contribution in [-0.2, 0) is 66.9 Å². The molecule has 7 amide bonds. The number of carboxylic acid groups (broad SMARTS) is 1. The van der Waals surface area contributed by atoms with Crippen molar-refractivity contribution in [1.82, 2.24) is 37.2 Å². The summed E-state index contributed by atoms with van der Waals surface area (Å²) in [5.74, 6) is -17.0. The van der Waals surface area contributed by atoms with Crippen molar-refractivity contribution in [3.8, 4) is 57.1 Å². The van der Waals surface area contributed by atoms with Crippen LogP contribution in [0.15, 0.2) is 95.9 Å². The number of aliphatic hydroxyl groups is 5. The van der Waals surface area contributed by atoms with Crippen LogP contribution in [0.3, 0.4) is 0 Å². The molecular formula is C85H104Cl2N8O26S. The SMILES string of the molecule is CCCCCCCCCCNC1(C)CC(OC2C(Oc3c4cc5cc3Oc3ccc(cc3Cl)[C@@H](O)[C@@H](NC(=O)[C@@H](C)CC(C)C)C(=O)N[C@@H](CC(N)=O)C(=O)N[C@H]5C(=O)NC3C(=O)N[C@H](C(=O)N[C@@H](C(=O)O)c5cc(O)cc(O)c5-c5cc3ccc5O)[C@H](O)c3ccc(c(Cl)c3)O4)OC(COS(=O)(=O)c3c(C)cc(C)cc3C)C(O)C2O)OC(C)C1O. The maximum absolute atomic E-state index is 16.4. The zero-order valence-electron chi connectivity index (χ0n) is 68.5. The maximum atomic E-state index is 16.4. The Morgan fingerprint density at radius 3 is 1.86 bits per heavy atom. The molecule has 0 saturated carbocycles. The van der Waals surface area contributed by atoms with Gasteiger partial charge < -0.3 is 117 Å². The number of benzene rings is 6. The Hall–Kier alpha value is -9.99. The van der Waals surface area contributed by atoms with E-state index in [1.807, 2.05) is 13.8 Å². The second kappa shape index (κ2) is 39.2. The van der Waals surface area contributed by atoms with E-state index in [-0.39, 0.29) is 51.1 Å². The molecule has 7 aliphatic heterocycles. The molecule has 10 unspecified atom stereocenters. The van der Waals surface area contributed by atoms with Crippen LogP contribution in [0.4, 0.5) is 0 Å². The summed E-state index contributed by atoms with van der Waals surface area (Å²) < 4.78 is 74.8. The van der Waals surface area contributed by atoms with E-state index in [9.17, 15) is 73.6 Å². The summed E-state index contributed by atoms with van der Waals surface area (Å²) in [4.78, 5) is 118. The first-order valence-corrected chi connectivity index (χ1v) is 42.4. The molecule has 37 heteroatoms. The highest BCUT2D eigenvalue weighted by Gasteiger charge is 2.53. The fourth-order valence-electron chi connectivity index (χ4n) is 16.1. The van der Waals surface area contributed by atoms with E-state index in [4.69, 9.17) is 61.5 Å². The minimum absolute atomic E-state index is 0.0636. The van der Waals surface area contributed by atoms with E-state index < -0.39 is 247 Å². The Morgan fingerprint density at radius 1 is 0.664 bits per heavy atom. The van der Waals surface area contributed by atoms with Crippen LogP contribution in [0.25, 0.3) is 11.1 Å². The number of nitrogens with two attached hydrogens (primary N) is 1. The van der Waals surface area contributed by atoms with Crippen LogP contribution in [0.1, 0.15) is 187 Å². The van der Waals surface area contributed by atoms with Crippen molar-refractivity contribution in [2.75, 3.05) is 13.2 Å². The smallest absolute Gasteiger partial charge is 0.330 e. The number of aryl methyl sites for hydroxylation is 3. The van der Waals surface area contributed by atoms with Crippen molar-refractivity contribution in [3.05, 3.63) is 146 Å². The molecular weight excluding hydrogens is 1650 g/mol. The number of hydrogen-bond donors (Lipinski definition) is 17. The molecule has 7 heterocycles. The molecule has 7 aliphatic rings. The lowest BCUT2D eigenvalue weighted by molar-refractivity contribution is -0.334. The number of hydrogen-bond acceptors (Lipinski definition) is 26. The Balaban J connectivity index is 1.14. The molecule has 6 aromatic rings. The number of phenolic OH excluding ortho intramolecular Hbond substituents is 3. The molecule has 660 valence electrons. The molecule has 13 rings (SSSR count). The number of aliphatic carboxylic acids is 1. The van der Waals surface area contributed by atoms with E-state index in [0.717, 1.165) is 124 Å². The molecule has 0 aliphatic carbocycles. The van der Waals surface area contributed by atoms with Gasteiger partial charge in [0.2, 0.25) is 53.4 Å². The number of fused-ring (bicyclic) bond motifs is 15. The van der Waals surface area contributed by atoms with Crippen LogP contribution >= 0.6 is 23.2 Å². The summed E-state index contributed by atoms with van der Waals surface area (Å²) in [6, 6.07) is 3.38. The normalized spacial score (nSPS) is 26.5.